The molecule has 130 valence electrons. The van der Waals surface area contributed by atoms with Gasteiger partial charge in [-0.05, 0) is 18.2 Å². The minimum Gasteiger partial charge on any atom is -0.387 e. The van der Waals surface area contributed by atoms with Crippen LogP contribution in [0.5, 0.6) is 0 Å². The number of aliphatic hydroxyl groups is 1. The fraction of sp³-hybridized carbons (Fsp3) is 0.176. The van der Waals surface area contributed by atoms with E-state index in [1.807, 2.05) is 0 Å². The highest BCUT2D eigenvalue weighted by molar-refractivity contribution is 6.31. The third kappa shape index (κ3) is 3.25. The fourth-order valence-electron chi connectivity index (χ4n) is 2.63. The summed E-state index contributed by atoms with van der Waals surface area (Å²) in [4.78, 5) is 12.6. The molecule has 1 amide bonds. The van der Waals surface area contributed by atoms with Crippen molar-refractivity contribution in [2.45, 2.75) is 12.3 Å². The number of rotatable bonds is 3. The van der Waals surface area contributed by atoms with Crippen LogP contribution in [0.4, 0.5) is 18.9 Å². The van der Waals surface area contributed by atoms with Gasteiger partial charge in [0.1, 0.15) is 5.92 Å². The number of aliphatic hydroxyl groups excluding tert-OH is 1. The average Bonchev–Trinajstić information content (AvgIpc) is 2.93. The first-order valence-electron chi connectivity index (χ1n) is 7.28. The number of carbonyl (C=O) groups excluding carboxylic acids is 1. The first-order chi connectivity index (χ1) is 11.8. The van der Waals surface area contributed by atoms with Crippen molar-refractivity contribution in [1.82, 2.24) is 0 Å². The van der Waals surface area contributed by atoms with Crippen molar-refractivity contribution >= 4 is 28.9 Å². The molecule has 0 saturated carbocycles. The van der Waals surface area contributed by atoms with Crippen LogP contribution >= 0.6 is 11.6 Å². The lowest BCUT2D eigenvalue weighted by Crippen LogP contribution is -2.37. The zero-order chi connectivity index (χ0) is 18.2. The van der Waals surface area contributed by atoms with Gasteiger partial charge in [-0.15, -0.1) is 0 Å². The van der Waals surface area contributed by atoms with E-state index in [0.717, 1.165) is 0 Å². The molecule has 0 bridgehead atoms. The summed E-state index contributed by atoms with van der Waals surface area (Å²) < 4.78 is 40.2. The van der Waals surface area contributed by atoms with Gasteiger partial charge in [0.05, 0.1) is 11.8 Å². The summed E-state index contributed by atoms with van der Waals surface area (Å²) in [5.74, 6) is -2.86. The number of carbonyl (C=O) groups is 1. The number of benzene rings is 2. The maximum Gasteiger partial charge on any atom is 0.432 e. The second-order valence-corrected chi connectivity index (χ2v) is 5.82. The van der Waals surface area contributed by atoms with Crippen molar-refractivity contribution in [3.05, 3.63) is 65.2 Å². The van der Waals surface area contributed by atoms with Crippen LogP contribution in [-0.2, 0) is 4.79 Å². The summed E-state index contributed by atoms with van der Waals surface area (Å²) >= 11 is 5.95. The van der Waals surface area contributed by atoms with E-state index in [2.05, 4.69) is 5.10 Å². The zero-order valence-electron chi connectivity index (χ0n) is 12.6. The fourth-order valence-corrected chi connectivity index (χ4v) is 2.88. The summed E-state index contributed by atoms with van der Waals surface area (Å²) in [6.07, 6.45) is -6.64. The first-order valence-corrected chi connectivity index (χ1v) is 7.65. The van der Waals surface area contributed by atoms with E-state index in [1.165, 1.54) is 30.3 Å². The van der Waals surface area contributed by atoms with Gasteiger partial charge in [-0.3, -0.25) is 4.79 Å². The molecule has 1 heterocycles. The topological polar surface area (TPSA) is 52.9 Å². The van der Waals surface area contributed by atoms with Crippen molar-refractivity contribution in [2.24, 2.45) is 11.0 Å². The second kappa shape index (κ2) is 6.50. The Bertz CT molecular complexity index is 824. The molecular formula is C17H12ClF3N2O2. The van der Waals surface area contributed by atoms with E-state index in [9.17, 15) is 23.1 Å². The number of halogens is 4. The number of amides is 1. The lowest BCUT2D eigenvalue weighted by molar-refractivity contribution is -0.123. The van der Waals surface area contributed by atoms with Gasteiger partial charge in [0.15, 0.2) is 5.71 Å². The third-order valence-electron chi connectivity index (χ3n) is 3.81. The number of hydrogen-bond acceptors (Lipinski definition) is 3. The number of hydrogen-bond donors (Lipinski definition) is 1. The predicted octanol–water partition coefficient (Wildman–Crippen LogP) is 3.95. The molecule has 2 aromatic rings. The van der Waals surface area contributed by atoms with Gasteiger partial charge in [-0.2, -0.15) is 23.3 Å². The van der Waals surface area contributed by atoms with Crippen LogP contribution in [0.1, 0.15) is 11.7 Å². The molecule has 0 fully saturated rings. The van der Waals surface area contributed by atoms with E-state index >= 15 is 0 Å². The first kappa shape index (κ1) is 17.4. The molecule has 0 unspecified atom stereocenters. The van der Waals surface area contributed by atoms with E-state index in [4.69, 9.17) is 11.6 Å². The van der Waals surface area contributed by atoms with Gasteiger partial charge in [0.2, 0.25) is 0 Å². The second-order valence-electron chi connectivity index (χ2n) is 5.41. The number of nitrogens with zero attached hydrogens (tertiary/aromatic N) is 2. The van der Waals surface area contributed by atoms with Crippen molar-refractivity contribution in [3.63, 3.8) is 0 Å². The maximum absolute atomic E-state index is 13.4. The summed E-state index contributed by atoms with van der Waals surface area (Å²) in [6.45, 7) is 0. The van der Waals surface area contributed by atoms with E-state index in [-0.39, 0.29) is 16.3 Å². The molecule has 0 spiro atoms. The quantitative estimate of drug-likeness (QED) is 0.891. The maximum atomic E-state index is 13.4. The highest BCUT2D eigenvalue weighted by Gasteiger charge is 2.53. The molecule has 0 aromatic heterocycles. The Morgan fingerprint density at radius 2 is 1.68 bits per heavy atom. The molecule has 0 saturated heterocycles. The van der Waals surface area contributed by atoms with Gasteiger partial charge in [0, 0.05) is 10.6 Å². The van der Waals surface area contributed by atoms with Crippen LogP contribution in [0.3, 0.4) is 0 Å². The molecule has 8 heteroatoms. The van der Waals surface area contributed by atoms with E-state index in [0.29, 0.717) is 5.01 Å². The van der Waals surface area contributed by atoms with E-state index in [1.54, 1.807) is 24.3 Å². The highest BCUT2D eigenvalue weighted by atomic mass is 35.5. The normalized spacial score (nSPS) is 19.1. The number of anilines is 1. The van der Waals surface area contributed by atoms with Gasteiger partial charge in [-0.1, -0.05) is 48.0 Å². The molecule has 2 aromatic carbocycles. The van der Waals surface area contributed by atoms with Crippen LogP contribution in [-0.4, -0.2) is 22.9 Å². The van der Waals surface area contributed by atoms with Crippen LogP contribution in [0.15, 0.2) is 59.7 Å². The lowest BCUT2D eigenvalue weighted by atomic mass is 9.91. The molecule has 1 aliphatic heterocycles. The SMILES string of the molecule is O=C1[C@@H]([C@H](O)c2ccccc2Cl)C(C(F)(F)F)=NN1c1ccccc1. The number of hydrazone groups is 1. The Labute approximate surface area is 146 Å². The van der Waals surface area contributed by atoms with Crippen molar-refractivity contribution in [1.29, 1.82) is 0 Å². The van der Waals surface area contributed by atoms with Gasteiger partial charge in [0.25, 0.3) is 5.91 Å². The molecule has 25 heavy (non-hydrogen) atoms. The molecule has 0 aliphatic carbocycles. The average molecular weight is 369 g/mol. The van der Waals surface area contributed by atoms with Gasteiger partial charge in [-0.25, -0.2) is 0 Å². The predicted molar refractivity (Wildman–Crippen MR) is 87.3 cm³/mol. The Hall–Kier alpha value is -2.38. The van der Waals surface area contributed by atoms with Gasteiger partial charge < -0.3 is 5.11 Å². The van der Waals surface area contributed by atoms with Crippen molar-refractivity contribution in [2.75, 3.05) is 5.01 Å². The third-order valence-corrected chi connectivity index (χ3v) is 4.15. The Morgan fingerprint density at radius 1 is 1.08 bits per heavy atom. The highest BCUT2D eigenvalue weighted by Crippen LogP contribution is 2.39. The smallest absolute Gasteiger partial charge is 0.387 e. The molecule has 1 N–H and O–H groups in total. The zero-order valence-corrected chi connectivity index (χ0v) is 13.4. The van der Waals surface area contributed by atoms with Gasteiger partial charge >= 0.3 is 6.18 Å². The molecule has 4 nitrogen and oxygen atoms in total. The standard InChI is InChI=1S/C17H12ClF3N2O2/c18-12-9-5-4-8-11(12)14(24)13-15(17(19,20)21)22-23(16(13)25)10-6-2-1-3-7-10/h1-9,13-14,24H/t13-,14+/m0/s1. The molecule has 1 aliphatic rings. The van der Waals surface area contributed by atoms with Crippen molar-refractivity contribution in [3.8, 4) is 0 Å². The Morgan fingerprint density at radius 3 is 2.28 bits per heavy atom. The molecule has 0 radical (unpaired) electrons. The van der Waals surface area contributed by atoms with Crippen LogP contribution in [0, 0.1) is 5.92 Å². The van der Waals surface area contributed by atoms with E-state index < -0.39 is 29.8 Å². The van der Waals surface area contributed by atoms with Crippen LogP contribution < -0.4 is 5.01 Å². The largest absolute Gasteiger partial charge is 0.432 e. The molecular weight excluding hydrogens is 357 g/mol. The number of alkyl halides is 3. The summed E-state index contributed by atoms with van der Waals surface area (Å²) in [5.41, 5.74) is -1.13. The Kier molecular flexibility index (Phi) is 4.53. The van der Waals surface area contributed by atoms with Crippen LogP contribution in [0.25, 0.3) is 0 Å². The summed E-state index contributed by atoms with van der Waals surface area (Å²) in [6, 6.07) is 13.6. The monoisotopic (exact) mass is 368 g/mol. The summed E-state index contributed by atoms with van der Waals surface area (Å²) in [7, 11) is 0. The summed E-state index contributed by atoms with van der Waals surface area (Å²) in [5, 5.41) is 14.6. The minimum absolute atomic E-state index is 0.0365. The van der Waals surface area contributed by atoms with Crippen LogP contribution in [0.2, 0.25) is 5.02 Å². The number of para-hydroxylation sites is 1. The van der Waals surface area contributed by atoms with Crippen molar-refractivity contribution < 1.29 is 23.1 Å². The Balaban J connectivity index is 2.05. The molecule has 2 atom stereocenters. The minimum atomic E-state index is -4.87. The lowest BCUT2D eigenvalue weighted by Gasteiger charge is -2.21. The molecule has 3 rings (SSSR count).